The maximum absolute atomic E-state index is 9.92. The van der Waals surface area contributed by atoms with Gasteiger partial charge in [0, 0.05) is 18.9 Å². The van der Waals surface area contributed by atoms with E-state index in [2.05, 4.69) is 11.9 Å². The Morgan fingerprint density at radius 2 is 2.00 bits per heavy atom. The smallest absolute Gasteiger partial charge is 0.121 e. The highest BCUT2D eigenvalue weighted by atomic mass is 16.3. The van der Waals surface area contributed by atoms with E-state index in [1.807, 2.05) is 30.7 Å². The first-order valence-electron chi connectivity index (χ1n) is 5.34. The van der Waals surface area contributed by atoms with Gasteiger partial charge in [-0.25, -0.2) is 4.98 Å². The molecule has 0 saturated carbocycles. The summed E-state index contributed by atoms with van der Waals surface area (Å²) >= 11 is 0. The largest absolute Gasteiger partial charge is 0.507 e. The van der Waals surface area contributed by atoms with Crippen LogP contribution in [0.3, 0.4) is 0 Å². The molecule has 0 aliphatic heterocycles. The Labute approximate surface area is 95.4 Å². The van der Waals surface area contributed by atoms with Crippen molar-refractivity contribution in [3.63, 3.8) is 0 Å². The lowest BCUT2D eigenvalue weighted by Gasteiger charge is -2.14. The Morgan fingerprint density at radius 1 is 1.25 bits per heavy atom. The topological polar surface area (TPSA) is 38.0 Å². The van der Waals surface area contributed by atoms with Crippen LogP contribution in [0.2, 0.25) is 0 Å². The summed E-state index contributed by atoms with van der Waals surface area (Å²) < 4.78 is 2.00. The number of rotatable bonds is 2. The van der Waals surface area contributed by atoms with Gasteiger partial charge in [-0.1, -0.05) is 6.07 Å². The van der Waals surface area contributed by atoms with Crippen LogP contribution in [0, 0.1) is 20.8 Å². The lowest BCUT2D eigenvalue weighted by molar-refractivity contribution is 0.465. The predicted molar refractivity (Wildman–Crippen MR) is 63.6 cm³/mol. The highest BCUT2D eigenvalue weighted by Gasteiger charge is 2.10. The van der Waals surface area contributed by atoms with Crippen LogP contribution in [-0.4, -0.2) is 14.7 Å². The molecule has 0 aliphatic rings. The third-order valence-corrected chi connectivity index (χ3v) is 2.99. The van der Waals surface area contributed by atoms with Crippen LogP contribution in [-0.2, 0) is 6.54 Å². The maximum atomic E-state index is 9.92. The zero-order chi connectivity index (χ0) is 11.7. The number of hydrogen-bond acceptors (Lipinski definition) is 2. The van der Waals surface area contributed by atoms with Gasteiger partial charge in [-0.3, -0.25) is 0 Å². The SMILES string of the molecule is Cc1cc(C)c(Cn2ccnc2)c(C)c1O. The molecule has 0 fully saturated rings. The minimum Gasteiger partial charge on any atom is -0.507 e. The number of nitrogens with zero attached hydrogens (tertiary/aromatic N) is 2. The van der Waals surface area contributed by atoms with Gasteiger partial charge in [0.2, 0.25) is 0 Å². The van der Waals surface area contributed by atoms with E-state index in [0.717, 1.165) is 17.7 Å². The third kappa shape index (κ3) is 1.81. The number of imidazole rings is 1. The summed E-state index contributed by atoms with van der Waals surface area (Å²) in [7, 11) is 0. The molecule has 0 saturated heterocycles. The van der Waals surface area contributed by atoms with Gasteiger partial charge in [-0.05, 0) is 43.0 Å². The maximum Gasteiger partial charge on any atom is 0.121 e. The lowest BCUT2D eigenvalue weighted by atomic mass is 9.98. The van der Waals surface area contributed by atoms with Gasteiger partial charge in [-0.15, -0.1) is 0 Å². The summed E-state index contributed by atoms with van der Waals surface area (Å²) in [5, 5.41) is 9.92. The lowest BCUT2D eigenvalue weighted by Crippen LogP contribution is -2.02. The fraction of sp³-hybridized carbons (Fsp3) is 0.308. The van der Waals surface area contributed by atoms with Gasteiger partial charge in [0.25, 0.3) is 0 Å². The van der Waals surface area contributed by atoms with Crippen molar-refractivity contribution in [3.05, 3.63) is 47.0 Å². The van der Waals surface area contributed by atoms with Crippen molar-refractivity contribution in [1.82, 2.24) is 9.55 Å². The molecule has 2 aromatic rings. The zero-order valence-corrected chi connectivity index (χ0v) is 9.86. The molecule has 2 rings (SSSR count). The van der Waals surface area contributed by atoms with E-state index in [4.69, 9.17) is 0 Å². The highest BCUT2D eigenvalue weighted by Crippen LogP contribution is 2.28. The molecule has 0 amide bonds. The summed E-state index contributed by atoms with van der Waals surface area (Å²) in [6.45, 7) is 6.72. The molecule has 0 spiro atoms. The Kier molecular flexibility index (Phi) is 2.69. The number of benzene rings is 1. The second-order valence-electron chi connectivity index (χ2n) is 4.20. The Bertz CT molecular complexity index is 501. The first-order chi connectivity index (χ1) is 7.59. The monoisotopic (exact) mass is 216 g/mol. The van der Waals surface area contributed by atoms with E-state index in [-0.39, 0.29) is 0 Å². The van der Waals surface area contributed by atoms with Gasteiger partial charge in [0.05, 0.1) is 6.33 Å². The van der Waals surface area contributed by atoms with Crippen molar-refractivity contribution in [2.45, 2.75) is 27.3 Å². The molecule has 0 unspecified atom stereocenters. The predicted octanol–water partition coefficient (Wildman–Crippen LogP) is 2.56. The van der Waals surface area contributed by atoms with E-state index < -0.39 is 0 Å². The first-order valence-corrected chi connectivity index (χ1v) is 5.34. The van der Waals surface area contributed by atoms with Gasteiger partial charge < -0.3 is 9.67 Å². The normalized spacial score (nSPS) is 10.7. The van der Waals surface area contributed by atoms with Crippen molar-refractivity contribution in [2.75, 3.05) is 0 Å². The van der Waals surface area contributed by atoms with Gasteiger partial charge in [0.15, 0.2) is 0 Å². The molecule has 1 N–H and O–H groups in total. The molecule has 0 radical (unpaired) electrons. The molecule has 3 heteroatoms. The van der Waals surface area contributed by atoms with Gasteiger partial charge in [-0.2, -0.15) is 0 Å². The second-order valence-corrected chi connectivity index (χ2v) is 4.20. The van der Waals surface area contributed by atoms with Crippen LogP contribution in [0.25, 0.3) is 0 Å². The van der Waals surface area contributed by atoms with Crippen molar-refractivity contribution in [3.8, 4) is 5.75 Å². The standard InChI is InChI=1S/C13H16N2O/c1-9-6-10(2)13(16)11(3)12(9)7-15-5-4-14-8-15/h4-6,8,16H,7H2,1-3H3. The first kappa shape index (κ1) is 10.7. The number of phenols is 1. The average molecular weight is 216 g/mol. The van der Waals surface area contributed by atoms with Crippen LogP contribution in [0.4, 0.5) is 0 Å². The van der Waals surface area contributed by atoms with E-state index in [9.17, 15) is 5.11 Å². The minimum atomic E-state index is 0.403. The molecule has 3 nitrogen and oxygen atoms in total. The summed E-state index contributed by atoms with van der Waals surface area (Å²) in [6.07, 6.45) is 5.48. The molecule has 1 aromatic heterocycles. The minimum absolute atomic E-state index is 0.403. The molecule has 0 aliphatic carbocycles. The van der Waals surface area contributed by atoms with Crippen molar-refractivity contribution in [2.24, 2.45) is 0 Å². The summed E-state index contributed by atoms with van der Waals surface area (Å²) in [4.78, 5) is 4.02. The quantitative estimate of drug-likeness (QED) is 0.837. The number of aromatic nitrogens is 2. The van der Waals surface area contributed by atoms with E-state index in [0.29, 0.717) is 5.75 Å². The van der Waals surface area contributed by atoms with E-state index in [1.54, 1.807) is 12.5 Å². The number of hydrogen-bond donors (Lipinski definition) is 1. The Morgan fingerprint density at radius 3 is 2.62 bits per heavy atom. The molecule has 84 valence electrons. The van der Waals surface area contributed by atoms with Crippen LogP contribution in [0.1, 0.15) is 22.3 Å². The molecule has 1 aromatic carbocycles. The molecule has 16 heavy (non-hydrogen) atoms. The number of aryl methyl sites for hydroxylation is 2. The molecule has 1 heterocycles. The average Bonchev–Trinajstić information content (AvgIpc) is 2.74. The highest BCUT2D eigenvalue weighted by molar-refractivity contribution is 5.48. The fourth-order valence-corrected chi connectivity index (χ4v) is 2.02. The molecular weight excluding hydrogens is 200 g/mol. The number of phenolic OH excluding ortho intramolecular Hbond substituents is 1. The molecular formula is C13H16N2O. The van der Waals surface area contributed by atoms with Crippen molar-refractivity contribution in [1.29, 1.82) is 0 Å². The third-order valence-electron chi connectivity index (χ3n) is 2.99. The summed E-state index contributed by atoms with van der Waals surface area (Å²) in [5.41, 5.74) is 4.28. The zero-order valence-electron chi connectivity index (χ0n) is 9.86. The Hall–Kier alpha value is -1.77. The summed E-state index contributed by atoms with van der Waals surface area (Å²) in [6, 6.07) is 2.02. The molecule has 0 atom stereocenters. The van der Waals surface area contributed by atoms with Gasteiger partial charge >= 0.3 is 0 Å². The van der Waals surface area contributed by atoms with E-state index >= 15 is 0 Å². The number of aromatic hydroxyl groups is 1. The molecule has 0 bridgehead atoms. The van der Waals surface area contributed by atoms with Crippen LogP contribution in [0.15, 0.2) is 24.8 Å². The summed E-state index contributed by atoms with van der Waals surface area (Å²) in [5.74, 6) is 0.403. The van der Waals surface area contributed by atoms with E-state index in [1.165, 1.54) is 11.1 Å². The van der Waals surface area contributed by atoms with Crippen molar-refractivity contribution >= 4 is 0 Å². The van der Waals surface area contributed by atoms with Crippen LogP contribution >= 0.6 is 0 Å². The van der Waals surface area contributed by atoms with Crippen LogP contribution in [0.5, 0.6) is 5.75 Å². The fourth-order valence-electron chi connectivity index (χ4n) is 2.02. The van der Waals surface area contributed by atoms with Gasteiger partial charge in [0.1, 0.15) is 5.75 Å². The second kappa shape index (κ2) is 4.00. The Balaban J connectivity index is 2.45. The van der Waals surface area contributed by atoms with Crippen LogP contribution < -0.4 is 0 Å². The van der Waals surface area contributed by atoms with Crippen molar-refractivity contribution < 1.29 is 5.11 Å².